The van der Waals surface area contributed by atoms with E-state index in [1.807, 2.05) is 30.5 Å². The highest BCUT2D eigenvalue weighted by Crippen LogP contribution is 2.19. The van der Waals surface area contributed by atoms with Gasteiger partial charge in [0.1, 0.15) is 6.33 Å². The molecule has 8 heteroatoms. The van der Waals surface area contributed by atoms with Crippen LogP contribution in [0.3, 0.4) is 0 Å². The van der Waals surface area contributed by atoms with Gasteiger partial charge in [-0.3, -0.25) is 4.79 Å². The zero-order chi connectivity index (χ0) is 18.6. The third kappa shape index (κ3) is 4.12. The molecule has 1 aliphatic heterocycles. The van der Waals surface area contributed by atoms with Crippen molar-refractivity contribution in [3.8, 4) is 11.1 Å². The van der Waals surface area contributed by atoms with Crippen LogP contribution in [0.4, 0.5) is 0 Å². The molecular formula is C19H22N6O2. The van der Waals surface area contributed by atoms with Crippen LogP contribution >= 0.6 is 0 Å². The molecule has 0 saturated carbocycles. The van der Waals surface area contributed by atoms with Gasteiger partial charge in [0.25, 0.3) is 11.7 Å². The summed E-state index contributed by atoms with van der Waals surface area (Å²) < 4.78 is 7.22. The van der Waals surface area contributed by atoms with Crippen molar-refractivity contribution in [1.29, 1.82) is 0 Å². The number of hydrogen-bond acceptors (Lipinski definition) is 6. The van der Waals surface area contributed by atoms with E-state index in [-0.39, 0.29) is 5.91 Å². The summed E-state index contributed by atoms with van der Waals surface area (Å²) in [5.74, 6) is 0.755. The zero-order valence-corrected chi connectivity index (χ0v) is 15.2. The van der Waals surface area contributed by atoms with Crippen molar-refractivity contribution in [2.45, 2.75) is 0 Å². The number of rotatable bonds is 4. The van der Waals surface area contributed by atoms with Gasteiger partial charge in [-0.15, -0.1) is 0 Å². The van der Waals surface area contributed by atoms with Crippen LogP contribution in [0.1, 0.15) is 10.4 Å². The Morgan fingerprint density at radius 1 is 1.33 bits per heavy atom. The summed E-state index contributed by atoms with van der Waals surface area (Å²) in [6.07, 6.45) is 5.05. The number of carbonyl (C=O) groups is 1. The van der Waals surface area contributed by atoms with Crippen molar-refractivity contribution in [2.75, 3.05) is 39.9 Å². The van der Waals surface area contributed by atoms with Gasteiger partial charge in [0.15, 0.2) is 0 Å². The minimum Gasteiger partial charge on any atom is -0.380 e. The molecule has 1 fully saturated rings. The maximum absolute atomic E-state index is 12.6. The summed E-state index contributed by atoms with van der Waals surface area (Å²) in [5.41, 5.74) is 2.40. The van der Waals surface area contributed by atoms with E-state index in [1.54, 1.807) is 10.7 Å². The Labute approximate surface area is 157 Å². The second kappa shape index (κ2) is 7.81. The molecule has 0 unspecified atom stereocenters. The van der Waals surface area contributed by atoms with Gasteiger partial charge >= 0.3 is 0 Å². The van der Waals surface area contributed by atoms with E-state index in [4.69, 9.17) is 4.74 Å². The first-order valence-corrected chi connectivity index (χ1v) is 8.99. The smallest absolute Gasteiger partial charge is 0.252 e. The maximum atomic E-state index is 12.6. The number of fused-ring (bicyclic) bond motifs is 1. The maximum Gasteiger partial charge on any atom is 0.252 e. The monoisotopic (exact) mass is 366 g/mol. The van der Waals surface area contributed by atoms with Gasteiger partial charge in [0, 0.05) is 49.1 Å². The topological polar surface area (TPSA) is 84.6 Å². The molecule has 1 saturated heterocycles. The molecule has 8 nitrogen and oxygen atoms in total. The van der Waals surface area contributed by atoms with Gasteiger partial charge in [-0.05, 0) is 24.7 Å². The third-order valence-electron chi connectivity index (χ3n) is 4.68. The van der Waals surface area contributed by atoms with Crippen LogP contribution in [0, 0.1) is 5.92 Å². The Hall–Kier alpha value is -2.84. The van der Waals surface area contributed by atoms with E-state index in [0.717, 1.165) is 30.8 Å². The standard InChI is InChI=1S/C19H22N6O2/c1-24-5-6-27-12-14(10-24)8-20-18(26)16-4-2-3-15(7-16)17-9-21-19-22-13-23-25(19)11-17/h2-4,7,9,11,13-14H,5-6,8,10,12H2,1H3,(H,20,26)/t14-/m1/s1. The van der Waals surface area contributed by atoms with Crippen molar-refractivity contribution in [3.63, 3.8) is 0 Å². The molecule has 1 N–H and O–H groups in total. The molecule has 0 spiro atoms. The van der Waals surface area contributed by atoms with Crippen LogP contribution in [0.25, 0.3) is 16.9 Å². The predicted octanol–water partition coefficient (Wildman–Crippen LogP) is 1.10. The van der Waals surface area contributed by atoms with Crippen LogP contribution in [0.15, 0.2) is 43.0 Å². The fraction of sp³-hybridized carbons (Fsp3) is 0.368. The fourth-order valence-corrected chi connectivity index (χ4v) is 3.23. The summed E-state index contributed by atoms with van der Waals surface area (Å²) in [5, 5.41) is 7.14. The average molecular weight is 366 g/mol. The molecule has 0 bridgehead atoms. The van der Waals surface area contributed by atoms with Crippen molar-refractivity contribution in [3.05, 3.63) is 48.5 Å². The second-order valence-electron chi connectivity index (χ2n) is 6.84. The van der Waals surface area contributed by atoms with E-state index in [2.05, 4.69) is 32.3 Å². The number of ether oxygens (including phenoxy) is 1. The molecule has 0 radical (unpaired) electrons. The summed E-state index contributed by atoms with van der Waals surface area (Å²) in [6.45, 7) is 3.86. The molecule has 4 rings (SSSR count). The largest absolute Gasteiger partial charge is 0.380 e. The van der Waals surface area contributed by atoms with Crippen LogP contribution < -0.4 is 5.32 Å². The van der Waals surface area contributed by atoms with E-state index in [0.29, 0.717) is 30.4 Å². The first kappa shape index (κ1) is 17.6. The summed E-state index contributed by atoms with van der Waals surface area (Å²) in [6, 6.07) is 7.50. The van der Waals surface area contributed by atoms with E-state index in [1.165, 1.54) is 6.33 Å². The van der Waals surface area contributed by atoms with Gasteiger partial charge in [0.2, 0.25) is 0 Å². The van der Waals surface area contributed by atoms with E-state index in [9.17, 15) is 4.79 Å². The van der Waals surface area contributed by atoms with Crippen molar-refractivity contribution in [2.24, 2.45) is 5.92 Å². The van der Waals surface area contributed by atoms with Crippen molar-refractivity contribution < 1.29 is 9.53 Å². The van der Waals surface area contributed by atoms with Gasteiger partial charge < -0.3 is 15.0 Å². The lowest BCUT2D eigenvalue weighted by molar-refractivity contribution is 0.0921. The lowest BCUT2D eigenvalue weighted by Crippen LogP contribution is -2.35. The first-order valence-electron chi connectivity index (χ1n) is 8.99. The molecule has 1 amide bonds. The zero-order valence-electron chi connectivity index (χ0n) is 15.2. The lowest BCUT2D eigenvalue weighted by Gasteiger charge is -2.19. The van der Waals surface area contributed by atoms with Gasteiger partial charge in [-0.25, -0.2) is 9.50 Å². The molecule has 140 valence electrons. The highest BCUT2D eigenvalue weighted by atomic mass is 16.5. The first-order chi connectivity index (χ1) is 13.2. The number of amides is 1. The van der Waals surface area contributed by atoms with Gasteiger partial charge in [-0.2, -0.15) is 10.1 Å². The Morgan fingerprint density at radius 2 is 2.26 bits per heavy atom. The Balaban J connectivity index is 1.45. The molecule has 1 aromatic carbocycles. The van der Waals surface area contributed by atoms with Gasteiger partial charge in [0.05, 0.1) is 13.2 Å². The molecular weight excluding hydrogens is 344 g/mol. The fourth-order valence-electron chi connectivity index (χ4n) is 3.23. The van der Waals surface area contributed by atoms with Crippen molar-refractivity contribution >= 4 is 11.7 Å². The summed E-state index contributed by atoms with van der Waals surface area (Å²) >= 11 is 0. The molecule has 1 atom stereocenters. The average Bonchev–Trinajstić information content (AvgIpc) is 3.06. The molecule has 0 aliphatic carbocycles. The van der Waals surface area contributed by atoms with Crippen molar-refractivity contribution in [1.82, 2.24) is 29.8 Å². The minimum atomic E-state index is -0.0847. The lowest BCUT2D eigenvalue weighted by atomic mass is 10.1. The molecule has 3 aromatic rings. The second-order valence-corrected chi connectivity index (χ2v) is 6.84. The highest BCUT2D eigenvalue weighted by molar-refractivity contribution is 5.95. The quantitative estimate of drug-likeness (QED) is 0.744. The molecule has 2 aromatic heterocycles. The summed E-state index contributed by atoms with van der Waals surface area (Å²) in [7, 11) is 2.08. The van der Waals surface area contributed by atoms with Crippen LogP contribution in [0.2, 0.25) is 0 Å². The number of hydrogen-bond donors (Lipinski definition) is 1. The number of likely N-dealkylation sites (N-methyl/N-ethyl adjacent to an activating group) is 1. The van der Waals surface area contributed by atoms with Crippen LogP contribution in [-0.4, -0.2) is 70.3 Å². The Morgan fingerprint density at radius 3 is 3.19 bits per heavy atom. The Kier molecular flexibility index (Phi) is 5.08. The molecule has 1 aliphatic rings. The molecule has 27 heavy (non-hydrogen) atoms. The molecule has 3 heterocycles. The summed E-state index contributed by atoms with van der Waals surface area (Å²) in [4.78, 5) is 23.2. The van der Waals surface area contributed by atoms with E-state index < -0.39 is 0 Å². The third-order valence-corrected chi connectivity index (χ3v) is 4.68. The number of nitrogens with one attached hydrogen (secondary N) is 1. The van der Waals surface area contributed by atoms with Crippen LogP contribution in [0.5, 0.6) is 0 Å². The minimum absolute atomic E-state index is 0.0847. The number of carbonyl (C=O) groups excluding carboxylic acids is 1. The highest BCUT2D eigenvalue weighted by Gasteiger charge is 2.17. The normalized spacial score (nSPS) is 18.3. The SMILES string of the molecule is CN1CCOC[C@H](CNC(=O)c2cccc(-c3cnc4ncnn4c3)c2)C1. The number of aromatic nitrogens is 4. The number of benzene rings is 1. The van der Waals surface area contributed by atoms with Gasteiger partial charge in [-0.1, -0.05) is 12.1 Å². The Bertz CT molecular complexity index is 941. The predicted molar refractivity (Wildman–Crippen MR) is 100 cm³/mol. The van der Waals surface area contributed by atoms with Crippen LogP contribution in [-0.2, 0) is 4.74 Å². The van der Waals surface area contributed by atoms with E-state index >= 15 is 0 Å². The number of nitrogens with zero attached hydrogens (tertiary/aromatic N) is 5.